The molecule has 0 aliphatic rings. The highest BCUT2D eigenvalue weighted by Gasteiger charge is 2.06. The van der Waals surface area contributed by atoms with Gasteiger partial charge in [0.25, 0.3) is 5.91 Å². The van der Waals surface area contributed by atoms with E-state index in [0.717, 1.165) is 5.56 Å². The normalized spacial score (nSPS) is 10.1. The largest absolute Gasteiger partial charge is 0.347 e. The Bertz CT molecular complexity index is 561. The van der Waals surface area contributed by atoms with Gasteiger partial charge in [-0.3, -0.25) is 4.79 Å². The molecule has 0 atom stereocenters. The van der Waals surface area contributed by atoms with Crippen LogP contribution in [0.25, 0.3) is 0 Å². The number of carbonyl (C=O) groups is 1. The van der Waals surface area contributed by atoms with Crippen molar-refractivity contribution in [3.63, 3.8) is 0 Å². The minimum absolute atomic E-state index is 0.166. The number of carbonyl (C=O) groups excluding carboxylic acids is 1. The van der Waals surface area contributed by atoms with E-state index in [1.165, 1.54) is 0 Å². The van der Waals surface area contributed by atoms with Gasteiger partial charge in [0.15, 0.2) is 0 Å². The molecule has 1 aromatic carbocycles. The molecule has 1 heterocycles. The van der Waals surface area contributed by atoms with E-state index in [2.05, 4.69) is 15.3 Å². The van der Waals surface area contributed by atoms with Gasteiger partial charge in [0.1, 0.15) is 0 Å². The topological polar surface area (TPSA) is 58.1 Å². The lowest BCUT2D eigenvalue weighted by Gasteiger charge is -2.10. The average molecular weight is 256 g/mol. The summed E-state index contributed by atoms with van der Waals surface area (Å²) in [4.78, 5) is 22.0. The zero-order valence-electron chi connectivity index (χ0n) is 11.2. The average Bonchev–Trinajstić information content (AvgIpc) is 2.40. The summed E-state index contributed by atoms with van der Waals surface area (Å²) >= 11 is 0. The van der Waals surface area contributed by atoms with E-state index in [1.54, 1.807) is 29.4 Å². The Labute approximate surface area is 112 Å². The van der Waals surface area contributed by atoms with Crippen LogP contribution in [0.5, 0.6) is 0 Å². The number of aryl methyl sites for hydroxylation is 1. The summed E-state index contributed by atoms with van der Waals surface area (Å²) in [6, 6.07) is 7.39. The Kier molecular flexibility index (Phi) is 3.75. The van der Waals surface area contributed by atoms with Crippen molar-refractivity contribution in [3.05, 3.63) is 47.8 Å². The molecule has 0 saturated carbocycles. The van der Waals surface area contributed by atoms with Gasteiger partial charge >= 0.3 is 0 Å². The second kappa shape index (κ2) is 5.48. The summed E-state index contributed by atoms with van der Waals surface area (Å²) in [5.74, 6) is 0.439. The summed E-state index contributed by atoms with van der Waals surface area (Å²) in [7, 11) is 3.72. The Hall–Kier alpha value is -2.43. The number of nitrogens with one attached hydrogen (secondary N) is 1. The molecule has 0 aliphatic carbocycles. The van der Waals surface area contributed by atoms with Crippen LogP contribution in [-0.2, 0) is 0 Å². The number of hydrogen-bond acceptors (Lipinski definition) is 4. The van der Waals surface area contributed by atoms with Crippen molar-refractivity contribution < 1.29 is 4.79 Å². The molecule has 2 aromatic rings. The number of hydrogen-bond donors (Lipinski definition) is 1. The van der Waals surface area contributed by atoms with Crippen LogP contribution in [0.3, 0.4) is 0 Å². The van der Waals surface area contributed by atoms with E-state index in [9.17, 15) is 4.79 Å². The van der Waals surface area contributed by atoms with Gasteiger partial charge in [-0.1, -0.05) is 17.7 Å². The predicted molar refractivity (Wildman–Crippen MR) is 75.5 cm³/mol. The zero-order chi connectivity index (χ0) is 13.8. The van der Waals surface area contributed by atoms with E-state index in [-0.39, 0.29) is 5.91 Å². The SMILES string of the molecule is Cc1ccc(C(=O)Nc2cnc(N(C)C)nc2)cc1. The number of amides is 1. The first-order chi connectivity index (χ1) is 9.06. The fourth-order valence-corrected chi connectivity index (χ4v) is 1.52. The van der Waals surface area contributed by atoms with Gasteiger partial charge in [-0.2, -0.15) is 0 Å². The number of benzene rings is 1. The molecule has 0 bridgehead atoms. The van der Waals surface area contributed by atoms with Crippen LogP contribution in [0.2, 0.25) is 0 Å². The molecule has 0 spiro atoms. The van der Waals surface area contributed by atoms with Crippen molar-refractivity contribution >= 4 is 17.5 Å². The second-order valence-corrected chi connectivity index (χ2v) is 4.49. The standard InChI is InChI=1S/C14H16N4O/c1-10-4-6-11(7-5-10)13(19)17-12-8-15-14(16-9-12)18(2)3/h4-9H,1-3H3,(H,17,19). The summed E-state index contributed by atoms with van der Waals surface area (Å²) < 4.78 is 0. The quantitative estimate of drug-likeness (QED) is 0.913. The van der Waals surface area contributed by atoms with Crippen molar-refractivity contribution in [2.75, 3.05) is 24.3 Å². The van der Waals surface area contributed by atoms with Gasteiger partial charge in [-0.25, -0.2) is 9.97 Å². The van der Waals surface area contributed by atoms with E-state index < -0.39 is 0 Å². The van der Waals surface area contributed by atoms with Gasteiger partial charge in [-0.15, -0.1) is 0 Å². The Morgan fingerprint density at radius 2 is 1.68 bits per heavy atom. The highest BCUT2D eigenvalue weighted by molar-refractivity contribution is 6.04. The van der Waals surface area contributed by atoms with Gasteiger partial charge < -0.3 is 10.2 Å². The summed E-state index contributed by atoms with van der Waals surface area (Å²) in [6.45, 7) is 1.98. The first-order valence-electron chi connectivity index (χ1n) is 5.93. The minimum Gasteiger partial charge on any atom is -0.347 e. The summed E-state index contributed by atoms with van der Waals surface area (Å²) in [5.41, 5.74) is 2.31. The molecule has 0 saturated heterocycles. The lowest BCUT2D eigenvalue weighted by atomic mass is 10.1. The molecule has 5 nitrogen and oxygen atoms in total. The number of anilines is 2. The van der Waals surface area contributed by atoms with Gasteiger partial charge in [0.05, 0.1) is 18.1 Å². The van der Waals surface area contributed by atoms with Crippen molar-refractivity contribution in [1.29, 1.82) is 0 Å². The third-order valence-electron chi connectivity index (χ3n) is 2.61. The molecule has 0 unspecified atom stereocenters. The lowest BCUT2D eigenvalue weighted by Crippen LogP contribution is -2.15. The van der Waals surface area contributed by atoms with Crippen LogP contribution >= 0.6 is 0 Å². The summed E-state index contributed by atoms with van der Waals surface area (Å²) in [5, 5.41) is 2.76. The van der Waals surface area contributed by atoms with Crippen molar-refractivity contribution in [1.82, 2.24) is 9.97 Å². The fraction of sp³-hybridized carbons (Fsp3) is 0.214. The smallest absolute Gasteiger partial charge is 0.255 e. The molecule has 5 heteroatoms. The summed E-state index contributed by atoms with van der Waals surface area (Å²) in [6.07, 6.45) is 3.18. The molecule has 2 rings (SSSR count). The first kappa shape index (κ1) is 13.0. The van der Waals surface area contributed by atoms with E-state index in [1.807, 2.05) is 33.2 Å². The van der Waals surface area contributed by atoms with E-state index >= 15 is 0 Å². The maximum Gasteiger partial charge on any atom is 0.255 e. The highest BCUT2D eigenvalue weighted by atomic mass is 16.1. The van der Waals surface area contributed by atoms with Gasteiger partial charge in [0, 0.05) is 19.7 Å². The molecule has 1 amide bonds. The number of rotatable bonds is 3. The third kappa shape index (κ3) is 3.28. The maximum absolute atomic E-state index is 12.0. The third-order valence-corrected chi connectivity index (χ3v) is 2.61. The first-order valence-corrected chi connectivity index (χ1v) is 5.93. The van der Waals surface area contributed by atoms with Crippen LogP contribution in [-0.4, -0.2) is 30.0 Å². The lowest BCUT2D eigenvalue weighted by molar-refractivity contribution is 0.102. The molecule has 98 valence electrons. The molecule has 0 radical (unpaired) electrons. The van der Waals surface area contributed by atoms with Crippen LogP contribution in [0.1, 0.15) is 15.9 Å². The number of nitrogens with zero attached hydrogens (tertiary/aromatic N) is 3. The van der Waals surface area contributed by atoms with E-state index in [0.29, 0.717) is 17.2 Å². The maximum atomic E-state index is 12.0. The molecule has 1 N–H and O–H groups in total. The molecular formula is C14H16N4O. The van der Waals surface area contributed by atoms with Gasteiger partial charge in [0.2, 0.25) is 5.95 Å². The van der Waals surface area contributed by atoms with Gasteiger partial charge in [-0.05, 0) is 19.1 Å². The minimum atomic E-state index is -0.166. The van der Waals surface area contributed by atoms with Crippen LogP contribution in [0.4, 0.5) is 11.6 Å². The second-order valence-electron chi connectivity index (χ2n) is 4.49. The van der Waals surface area contributed by atoms with Crippen molar-refractivity contribution in [3.8, 4) is 0 Å². The Morgan fingerprint density at radius 3 is 2.21 bits per heavy atom. The zero-order valence-corrected chi connectivity index (χ0v) is 11.2. The van der Waals surface area contributed by atoms with E-state index in [4.69, 9.17) is 0 Å². The van der Waals surface area contributed by atoms with Crippen LogP contribution < -0.4 is 10.2 Å². The molecule has 0 fully saturated rings. The molecular weight excluding hydrogens is 240 g/mol. The van der Waals surface area contributed by atoms with Crippen LogP contribution in [0, 0.1) is 6.92 Å². The Morgan fingerprint density at radius 1 is 1.11 bits per heavy atom. The molecule has 0 aliphatic heterocycles. The fourth-order valence-electron chi connectivity index (χ4n) is 1.52. The van der Waals surface area contributed by atoms with Crippen LogP contribution in [0.15, 0.2) is 36.7 Å². The highest BCUT2D eigenvalue weighted by Crippen LogP contribution is 2.10. The van der Waals surface area contributed by atoms with Crippen molar-refractivity contribution in [2.24, 2.45) is 0 Å². The number of aromatic nitrogens is 2. The Balaban J connectivity index is 2.08. The molecule has 1 aromatic heterocycles. The predicted octanol–water partition coefficient (Wildman–Crippen LogP) is 2.10. The van der Waals surface area contributed by atoms with Crippen molar-refractivity contribution in [2.45, 2.75) is 6.92 Å². The molecule has 19 heavy (non-hydrogen) atoms. The monoisotopic (exact) mass is 256 g/mol.